The summed E-state index contributed by atoms with van der Waals surface area (Å²) in [5.41, 5.74) is 6.16. The van der Waals surface area contributed by atoms with Gasteiger partial charge >= 0.3 is 0 Å². The summed E-state index contributed by atoms with van der Waals surface area (Å²) in [5, 5.41) is 0. The largest absolute Gasteiger partial charge is 0.299 e. The maximum absolute atomic E-state index is 2.55. The average molecular weight is 217 g/mol. The highest BCUT2D eigenvalue weighted by Gasteiger charge is 2.14. The van der Waals surface area contributed by atoms with Crippen LogP contribution in [0.25, 0.3) is 0 Å². The molecule has 2 rings (SSSR count). The zero-order valence-electron chi connectivity index (χ0n) is 10.8. The maximum Gasteiger partial charge on any atom is 0.0236 e. The van der Waals surface area contributed by atoms with Crippen LogP contribution in [0.4, 0.5) is 0 Å². The van der Waals surface area contributed by atoms with Gasteiger partial charge in [-0.25, -0.2) is 0 Å². The molecule has 0 radical (unpaired) electrons. The van der Waals surface area contributed by atoms with Crippen molar-refractivity contribution in [2.24, 2.45) is 0 Å². The van der Waals surface area contributed by atoms with Gasteiger partial charge in [0.05, 0.1) is 0 Å². The first-order chi connectivity index (χ1) is 7.74. The van der Waals surface area contributed by atoms with E-state index in [-0.39, 0.29) is 0 Å². The summed E-state index contributed by atoms with van der Waals surface area (Å²) in [5.74, 6) is 0. The summed E-state index contributed by atoms with van der Waals surface area (Å²) in [6.45, 7) is 10.3. The highest BCUT2D eigenvalue weighted by Crippen LogP contribution is 2.23. The second-order valence-corrected chi connectivity index (χ2v) is 4.87. The topological polar surface area (TPSA) is 3.24 Å². The molecule has 1 aromatic rings. The Balaban J connectivity index is 2.34. The lowest BCUT2D eigenvalue weighted by atomic mass is 9.96. The van der Waals surface area contributed by atoms with Gasteiger partial charge in [0.1, 0.15) is 0 Å². The van der Waals surface area contributed by atoms with Gasteiger partial charge in [-0.3, -0.25) is 4.90 Å². The fraction of sp³-hybridized carbons (Fsp3) is 0.600. The molecule has 0 saturated heterocycles. The number of nitrogens with zero attached hydrogens (tertiary/aromatic N) is 1. The molecule has 1 aromatic carbocycles. The van der Waals surface area contributed by atoms with Gasteiger partial charge < -0.3 is 0 Å². The van der Waals surface area contributed by atoms with Crippen molar-refractivity contribution in [1.29, 1.82) is 0 Å². The van der Waals surface area contributed by atoms with E-state index in [9.17, 15) is 0 Å². The number of aryl methyl sites for hydroxylation is 3. The highest BCUT2D eigenvalue weighted by molar-refractivity contribution is 5.38. The van der Waals surface area contributed by atoms with Crippen LogP contribution in [0.1, 0.15) is 42.5 Å². The van der Waals surface area contributed by atoms with Crippen molar-refractivity contribution < 1.29 is 0 Å². The molecule has 1 aliphatic heterocycles. The highest BCUT2D eigenvalue weighted by atomic mass is 15.1. The van der Waals surface area contributed by atoms with Crippen LogP contribution in [-0.4, -0.2) is 18.0 Å². The van der Waals surface area contributed by atoms with Gasteiger partial charge in [-0.15, -0.1) is 0 Å². The predicted molar refractivity (Wildman–Crippen MR) is 69.8 cm³/mol. The number of hydrogen-bond acceptors (Lipinski definition) is 1. The summed E-state index contributed by atoms with van der Waals surface area (Å²) in [6, 6.07) is 4.87. The van der Waals surface area contributed by atoms with Crippen molar-refractivity contribution in [2.75, 3.05) is 13.1 Å². The Morgan fingerprint density at radius 2 is 2.00 bits per heavy atom. The lowest BCUT2D eigenvalue weighted by Crippen LogP contribution is -2.22. The monoisotopic (exact) mass is 217 g/mol. The van der Waals surface area contributed by atoms with Gasteiger partial charge in [0.2, 0.25) is 0 Å². The van der Waals surface area contributed by atoms with Gasteiger partial charge in [-0.1, -0.05) is 26.0 Å². The van der Waals surface area contributed by atoms with Gasteiger partial charge in [0.25, 0.3) is 0 Å². The van der Waals surface area contributed by atoms with E-state index in [1.807, 2.05) is 0 Å². The minimum absolute atomic E-state index is 1.15. The SMILES string of the molecule is CCc1cc2c(cc1C)CN(CC)CCC2. The van der Waals surface area contributed by atoms with Crippen molar-refractivity contribution in [1.82, 2.24) is 4.90 Å². The minimum atomic E-state index is 1.15. The first kappa shape index (κ1) is 11.7. The summed E-state index contributed by atoms with van der Waals surface area (Å²) in [4.78, 5) is 2.55. The Morgan fingerprint density at radius 1 is 1.19 bits per heavy atom. The van der Waals surface area contributed by atoms with E-state index < -0.39 is 0 Å². The Kier molecular flexibility index (Phi) is 3.65. The fourth-order valence-corrected chi connectivity index (χ4v) is 2.71. The zero-order valence-corrected chi connectivity index (χ0v) is 10.8. The fourth-order valence-electron chi connectivity index (χ4n) is 2.71. The van der Waals surface area contributed by atoms with E-state index in [1.54, 1.807) is 11.1 Å². The van der Waals surface area contributed by atoms with Crippen LogP contribution in [0, 0.1) is 6.92 Å². The van der Waals surface area contributed by atoms with Crippen LogP contribution in [0.15, 0.2) is 12.1 Å². The van der Waals surface area contributed by atoms with E-state index in [0.717, 1.165) is 13.0 Å². The second-order valence-electron chi connectivity index (χ2n) is 4.87. The third-order valence-corrected chi connectivity index (χ3v) is 3.80. The van der Waals surface area contributed by atoms with Gasteiger partial charge in [0, 0.05) is 6.54 Å². The van der Waals surface area contributed by atoms with Crippen molar-refractivity contribution in [3.8, 4) is 0 Å². The van der Waals surface area contributed by atoms with Crippen LogP contribution in [0.2, 0.25) is 0 Å². The van der Waals surface area contributed by atoms with Crippen LogP contribution in [0.5, 0.6) is 0 Å². The first-order valence-electron chi connectivity index (χ1n) is 6.58. The van der Waals surface area contributed by atoms with Crippen LogP contribution < -0.4 is 0 Å². The van der Waals surface area contributed by atoms with E-state index in [2.05, 4.69) is 37.8 Å². The number of rotatable bonds is 2. The molecular weight excluding hydrogens is 194 g/mol. The number of hydrogen-bond donors (Lipinski definition) is 0. The minimum Gasteiger partial charge on any atom is -0.299 e. The van der Waals surface area contributed by atoms with Crippen molar-refractivity contribution in [3.63, 3.8) is 0 Å². The van der Waals surface area contributed by atoms with E-state index >= 15 is 0 Å². The zero-order chi connectivity index (χ0) is 11.5. The van der Waals surface area contributed by atoms with E-state index in [0.29, 0.717) is 0 Å². The van der Waals surface area contributed by atoms with Gasteiger partial charge in [-0.05, 0) is 61.5 Å². The van der Waals surface area contributed by atoms with E-state index in [1.165, 1.54) is 37.1 Å². The second kappa shape index (κ2) is 5.01. The predicted octanol–water partition coefficient (Wildman–Crippen LogP) is 3.33. The lowest BCUT2D eigenvalue weighted by molar-refractivity contribution is 0.284. The molecule has 0 spiro atoms. The lowest BCUT2D eigenvalue weighted by Gasteiger charge is -2.18. The third-order valence-electron chi connectivity index (χ3n) is 3.80. The van der Waals surface area contributed by atoms with Crippen molar-refractivity contribution in [2.45, 2.75) is 46.6 Å². The molecule has 0 aliphatic carbocycles. The molecule has 88 valence electrons. The normalized spacial score (nSPS) is 16.9. The molecule has 1 heteroatoms. The van der Waals surface area contributed by atoms with Gasteiger partial charge in [-0.2, -0.15) is 0 Å². The van der Waals surface area contributed by atoms with E-state index in [4.69, 9.17) is 0 Å². The van der Waals surface area contributed by atoms with Crippen LogP contribution in [-0.2, 0) is 19.4 Å². The molecule has 0 aromatic heterocycles. The molecule has 0 bridgehead atoms. The third kappa shape index (κ3) is 2.30. The number of benzene rings is 1. The standard InChI is InChI=1S/C15H23N/c1-4-13-10-14-7-6-8-16(5-2)11-15(14)9-12(13)3/h9-10H,4-8,11H2,1-3H3. The van der Waals surface area contributed by atoms with Crippen LogP contribution >= 0.6 is 0 Å². The Morgan fingerprint density at radius 3 is 2.69 bits per heavy atom. The summed E-state index contributed by atoms with van der Waals surface area (Å²) < 4.78 is 0. The molecule has 1 aliphatic rings. The molecule has 1 nitrogen and oxygen atoms in total. The first-order valence-corrected chi connectivity index (χ1v) is 6.58. The molecule has 1 heterocycles. The van der Waals surface area contributed by atoms with Gasteiger partial charge in [0.15, 0.2) is 0 Å². The molecule has 0 unspecified atom stereocenters. The number of fused-ring (bicyclic) bond motifs is 1. The average Bonchev–Trinajstić information content (AvgIpc) is 2.49. The summed E-state index contributed by atoms with van der Waals surface area (Å²) >= 11 is 0. The molecular formula is C15H23N. The maximum atomic E-state index is 2.55. The summed E-state index contributed by atoms with van der Waals surface area (Å²) in [7, 11) is 0. The quantitative estimate of drug-likeness (QED) is 0.734. The molecule has 0 fully saturated rings. The molecule has 0 amide bonds. The Labute approximate surface area is 99.5 Å². The Bertz CT molecular complexity index is 368. The van der Waals surface area contributed by atoms with Crippen LogP contribution in [0.3, 0.4) is 0 Å². The van der Waals surface area contributed by atoms with Crippen molar-refractivity contribution >= 4 is 0 Å². The molecule has 0 saturated carbocycles. The molecule has 0 atom stereocenters. The summed E-state index contributed by atoms with van der Waals surface area (Å²) in [6.07, 6.45) is 3.74. The molecule has 0 N–H and O–H groups in total. The molecule has 16 heavy (non-hydrogen) atoms. The van der Waals surface area contributed by atoms with Crippen molar-refractivity contribution in [3.05, 3.63) is 34.4 Å². The Hall–Kier alpha value is -0.820. The smallest absolute Gasteiger partial charge is 0.0236 e.